The van der Waals surface area contributed by atoms with Gasteiger partial charge in [0.15, 0.2) is 0 Å². The van der Waals surface area contributed by atoms with Gasteiger partial charge in [0.25, 0.3) is 5.91 Å². The fraction of sp³-hybridized carbons (Fsp3) is 0.833. The zero-order valence-corrected chi connectivity index (χ0v) is 10.2. The van der Waals surface area contributed by atoms with Gasteiger partial charge in [-0.1, -0.05) is 26.2 Å². The van der Waals surface area contributed by atoms with Crippen LogP contribution in [0.15, 0.2) is 0 Å². The fourth-order valence-corrected chi connectivity index (χ4v) is 1.94. The molecule has 0 spiro atoms. The second-order valence-electron chi connectivity index (χ2n) is 4.48. The number of carbonyl (C=O) groups excluding carboxylic acids is 2. The van der Waals surface area contributed by atoms with Crippen LogP contribution < -0.4 is 10.6 Å². The lowest BCUT2D eigenvalue weighted by Crippen LogP contribution is -2.46. The molecule has 16 heavy (non-hydrogen) atoms. The number of Topliss-reactive ketones (excluding diaryl/α,β-unsaturated/α-hetero) is 1. The highest BCUT2D eigenvalue weighted by atomic mass is 16.2. The number of hydrogen-bond donors (Lipinski definition) is 2. The average molecular weight is 228 g/mol. The molecule has 1 aliphatic carbocycles. The molecule has 1 fully saturated rings. The molecule has 0 aromatic carbocycles. The maximum Gasteiger partial charge on any atom is 0.288 e. The van der Waals surface area contributed by atoms with Crippen molar-refractivity contribution < 1.29 is 11.0 Å². The van der Waals surface area contributed by atoms with Gasteiger partial charge in [-0.05, 0) is 25.3 Å². The van der Waals surface area contributed by atoms with Gasteiger partial charge in [0, 0.05) is 8.47 Å². The van der Waals surface area contributed by atoms with Crippen molar-refractivity contribution in [2.24, 2.45) is 5.92 Å². The monoisotopic (exact) mass is 228 g/mol. The molecule has 4 nitrogen and oxygen atoms in total. The smallest absolute Gasteiger partial charge is 0.288 e. The second-order valence-corrected chi connectivity index (χ2v) is 4.48. The van der Waals surface area contributed by atoms with Gasteiger partial charge < -0.3 is 10.6 Å². The molecule has 0 aliphatic heterocycles. The van der Waals surface area contributed by atoms with Crippen LogP contribution in [0.3, 0.4) is 0 Å². The molecular weight excluding hydrogens is 204 g/mol. The van der Waals surface area contributed by atoms with Gasteiger partial charge in [0.2, 0.25) is 5.78 Å². The minimum Gasteiger partial charge on any atom is -0.353 e. The van der Waals surface area contributed by atoms with E-state index in [0.29, 0.717) is 5.92 Å². The van der Waals surface area contributed by atoms with Crippen molar-refractivity contribution in [3.05, 3.63) is 0 Å². The minimum absolute atomic E-state index is 0. The Kier molecular flexibility index (Phi) is 5.46. The van der Waals surface area contributed by atoms with Crippen molar-refractivity contribution in [1.29, 1.82) is 0 Å². The van der Waals surface area contributed by atoms with E-state index in [9.17, 15) is 9.59 Å². The van der Waals surface area contributed by atoms with Crippen LogP contribution in [0.2, 0.25) is 0 Å². The summed E-state index contributed by atoms with van der Waals surface area (Å²) in [6, 6.07) is -0.287. The molecule has 0 radical (unpaired) electrons. The van der Waals surface area contributed by atoms with Gasteiger partial charge in [-0.25, -0.2) is 0 Å². The zero-order chi connectivity index (χ0) is 12.0. The van der Waals surface area contributed by atoms with Crippen molar-refractivity contribution in [1.82, 2.24) is 10.6 Å². The molecular formula is C12H24N2O2. The van der Waals surface area contributed by atoms with Gasteiger partial charge in [0.1, 0.15) is 0 Å². The maximum absolute atomic E-state index is 11.8. The zero-order valence-electron chi connectivity index (χ0n) is 10.2. The van der Waals surface area contributed by atoms with E-state index in [4.69, 9.17) is 0 Å². The van der Waals surface area contributed by atoms with E-state index in [1.165, 1.54) is 26.3 Å². The van der Waals surface area contributed by atoms with E-state index in [-0.39, 0.29) is 13.3 Å². The van der Waals surface area contributed by atoms with Gasteiger partial charge in [-0.3, -0.25) is 9.59 Å². The highest BCUT2D eigenvalue weighted by molar-refractivity contribution is 6.38. The van der Waals surface area contributed by atoms with Crippen LogP contribution >= 0.6 is 0 Å². The Balaban J connectivity index is 0.00000256. The Hall–Kier alpha value is -0.900. The second kappa shape index (κ2) is 6.63. The molecule has 1 unspecified atom stereocenters. The van der Waals surface area contributed by atoms with E-state index >= 15 is 0 Å². The lowest BCUT2D eigenvalue weighted by Gasteiger charge is -2.29. The lowest BCUT2D eigenvalue weighted by molar-refractivity contribution is -0.139. The number of likely N-dealkylation sites (N-methyl/N-ethyl adjacent to an activating group) is 1. The van der Waals surface area contributed by atoms with Crippen LogP contribution in [0.25, 0.3) is 0 Å². The number of hydrogen-bond acceptors (Lipinski definition) is 3. The van der Waals surface area contributed by atoms with Crippen LogP contribution in [0.4, 0.5) is 0 Å². The Labute approximate surface area is 98.7 Å². The van der Waals surface area contributed by atoms with Crippen LogP contribution in [-0.4, -0.2) is 31.3 Å². The van der Waals surface area contributed by atoms with Gasteiger partial charge >= 0.3 is 0 Å². The number of amides is 1. The molecule has 94 valence electrons. The predicted octanol–water partition coefficient (Wildman–Crippen LogP) is 1.11. The first-order valence-electron chi connectivity index (χ1n) is 6.18. The Morgan fingerprint density at radius 2 is 2.12 bits per heavy atom. The summed E-state index contributed by atoms with van der Waals surface area (Å²) in [6.45, 7) is 2.85. The standard InChI is InChI=1S/C12H22N2O2.H2/c1-3-7-14-10(8-9-5-4-6-9)11(15)12(16)13-2;/h9-10,14H,3-8H2,1-2H3,(H,13,16);1H. The summed E-state index contributed by atoms with van der Waals surface area (Å²) in [6.07, 6.45) is 5.45. The van der Waals surface area contributed by atoms with E-state index in [1.54, 1.807) is 0 Å². The summed E-state index contributed by atoms with van der Waals surface area (Å²) in [5, 5.41) is 5.58. The SMILES string of the molecule is CCCNC(CC1CCC1)C(=O)C(=O)NC.[HH]. The molecule has 4 heteroatoms. The van der Waals surface area contributed by atoms with Crippen molar-refractivity contribution in [3.63, 3.8) is 0 Å². The van der Waals surface area contributed by atoms with E-state index in [2.05, 4.69) is 17.6 Å². The molecule has 0 aromatic heterocycles. The fourth-order valence-electron chi connectivity index (χ4n) is 1.94. The first-order valence-corrected chi connectivity index (χ1v) is 6.18. The van der Waals surface area contributed by atoms with Crippen molar-refractivity contribution in [2.45, 2.75) is 45.1 Å². The van der Waals surface area contributed by atoms with Gasteiger partial charge in [0.05, 0.1) is 6.04 Å². The molecule has 1 amide bonds. The average Bonchev–Trinajstić information content (AvgIpc) is 2.25. The molecule has 1 rings (SSSR count). The Morgan fingerprint density at radius 3 is 2.56 bits per heavy atom. The summed E-state index contributed by atoms with van der Waals surface area (Å²) >= 11 is 0. The molecule has 1 atom stereocenters. The number of carbonyl (C=O) groups is 2. The summed E-state index contributed by atoms with van der Waals surface area (Å²) < 4.78 is 0. The highest BCUT2D eigenvalue weighted by Crippen LogP contribution is 2.30. The predicted molar refractivity (Wildman–Crippen MR) is 65.2 cm³/mol. The van der Waals surface area contributed by atoms with Crippen LogP contribution in [0, 0.1) is 5.92 Å². The first kappa shape index (κ1) is 13.2. The number of ketones is 1. The van der Waals surface area contributed by atoms with Crippen molar-refractivity contribution in [3.8, 4) is 0 Å². The largest absolute Gasteiger partial charge is 0.353 e. The summed E-state index contributed by atoms with van der Waals surface area (Å²) in [7, 11) is 1.50. The van der Waals surface area contributed by atoms with Crippen molar-refractivity contribution >= 4 is 11.7 Å². The summed E-state index contributed by atoms with van der Waals surface area (Å²) in [5.74, 6) is -0.168. The highest BCUT2D eigenvalue weighted by Gasteiger charge is 2.29. The van der Waals surface area contributed by atoms with Gasteiger partial charge in [-0.15, -0.1) is 0 Å². The Morgan fingerprint density at radius 1 is 1.44 bits per heavy atom. The van der Waals surface area contributed by atoms with Crippen LogP contribution in [-0.2, 0) is 9.59 Å². The van der Waals surface area contributed by atoms with Crippen LogP contribution in [0.1, 0.15) is 40.5 Å². The Bertz CT molecular complexity index is 255. The molecule has 0 saturated heterocycles. The topological polar surface area (TPSA) is 58.2 Å². The van der Waals surface area contributed by atoms with E-state index in [0.717, 1.165) is 19.4 Å². The molecule has 1 aliphatic rings. The lowest BCUT2D eigenvalue weighted by atomic mass is 9.80. The third-order valence-electron chi connectivity index (χ3n) is 3.20. The molecule has 0 bridgehead atoms. The summed E-state index contributed by atoms with van der Waals surface area (Å²) in [5.41, 5.74) is 0. The molecule has 2 N–H and O–H groups in total. The van der Waals surface area contributed by atoms with E-state index in [1.807, 2.05) is 0 Å². The third kappa shape index (κ3) is 3.59. The minimum atomic E-state index is -0.479. The van der Waals surface area contributed by atoms with Crippen LogP contribution in [0.5, 0.6) is 0 Å². The summed E-state index contributed by atoms with van der Waals surface area (Å²) in [4.78, 5) is 23.1. The first-order chi connectivity index (χ1) is 7.69. The molecule has 0 heterocycles. The number of rotatable bonds is 7. The van der Waals surface area contributed by atoms with E-state index < -0.39 is 5.91 Å². The number of nitrogens with one attached hydrogen (secondary N) is 2. The molecule has 1 saturated carbocycles. The maximum atomic E-state index is 11.8. The van der Waals surface area contributed by atoms with Gasteiger partial charge in [-0.2, -0.15) is 0 Å². The third-order valence-corrected chi connectivity index (χ3v) is 3.20. The quantitative estimate of drug-likeness (QED) is 0.642. The molecule has 0 aromatic rings. The van der Waals surface area contributed by atoms with Crippen molar-refractivity contribution in [2.75, 3.05) is 13.6 Å². The normalized spacial score (nSPS) is 17.6.